The molecular weight excluding hydrogens is 388 g/mol. The Morgan fingerprint density at radius 3 is 2.45 bits per heavy atom. The van der Waals surface area contributed by atoms with E-state index in [9.17, 15) is 13.2 Å². The number of hydrogen-bond acceptors (Lipinski definition) is 4. The summed E-state index contributed by atoms with van der Waals surface area (Å²) in [6, 6.07) is 3.32. The van der Waals surface area contributed by atoms with E-state index in [2.05, 4.69) is 15.9 Å². The minimum absolute atomic E-state index is 0.0889. The number of thiophene rings is 1. The minimum atomic E-state index is -3.46. The summed E-state index contributed by atoms with van der Waals surface area (Å²) >= 11 is 4.47. The molecule has 1 aromatic heterocycles. The lowest BCUT2D eigenvalue weighted by Crippen LogP contribution is -2.50. The number of allylic oxidation sites excluding steroid dienone is 3. The number of piperazine rings is 1. The van der Waals surface area contributed by atoms with Crippen molar-refractivity contribution in [2.75, 3.05) is 26.2 Å². The van der Waals surface area contributed by atoms with Gasteiger partial charge in [-0.2, -0.15) is 4.31 Å². The van der Waals surface area contributed by atoms with Crippen LogP contribution in [0.4, 0.5) is 0 Å². The summed E-state index contributed by atoms with van der Waals surface area (Å²) in [6.45, 7) is 3.33. The molecule has 0 N–H and O–H groups in total. The van der Waals surface area contributed by atoms with Crippen molar-refractivity contribution >= 4 is 43.2 Å². The van der Waals surface area contributed by atoms with Gasteiger partial charge >= 0.3 is 0 Å². The van der Waals surface area contributed by atoms with Gasteiger partial charge in [-0.3, -0.25) is 4.79 Å². The normalized spacial score (nSPS) is 17.6. The van der Waals surface area contributed by atoms with E-state index >= 15 is 0 Å². The number of halogens is 1. The predicted molar refractivity (Wildman–Crippen MR) is 91.3 cm³/mol. The van der Waals surface area contributed by atoms with Gasteiger partial charge < -0.3 is 4.90 Å². The molecule has 0 atom stereocenters. The van der Waals surface area contributed by atoms with Gasteiger partial charge in [-0.1, -0.05) is 18.2 Å². The number of carbonyl (C=O) groups is 1. The molecule has 1 amide bonds. The van der Waals surface area contributed by atoms with Crippen LogP contribution in [0.5, 0.6) is 0 Å². The first-order valence-corrected chi connectivity index (χ1v) is 9.84. The van der Waals surface area contributed by atoms with Crippen molar-refractivity contribution in [2.24, 2.45) is 0 Å². The fraction of sp³-hybridized carbons (Fsp3) is 0.357. The first-order chi connectivity index (χ1) is 10.4. The number of hydrogen-bond donors (Lipinski definition) is 0. The van der Waals surface area contributed by atoms with E-state index in [1.807, 2.05) is 13.0 Å². The highest BCUT2D eigenvalue weighted by Crippen LogP contribution is 2.28. The van der Waals surface area contributed by atoms with Crippen LogP contribution in [0.2, 0.25) is 0 Å². The van der Waals surface area contributed by atoms with Crippen molar-refractivity contribution in [1.29, 1.82) is 0 Å². The zero-order valence-electron chi connectivity index (χ0n) is 12.1. The molecule has 0 bridgehead atoms. The maximum Gasteiger partial charge on any atom is 0.252 e. The third-order valence-electron chi connectivity index (χ3n) is 3.24. The molecule has 0 radical (unpaired) electrons. The maximum absolute atomic E-state index is 12.5. The highest BCUT2D eigenvalue weighted by Gasteiger charge is 2.30. The third kappa shape index (κ3) is 4.07. The summed E-state index contributed by atoms with van der Waals surface area (Å²) in [5.74, 6) is -0.0889. The van der Waals surface area contributed by atoms with Crippen LogP contribution in [-0.2, 0) is 14.8 Å². The van der Waals surface area contributed by atoms with Gasteiger partial charge in [-0.25, -0.2) is 8.42 Å². The van der Waals surface area contributed by atoms with Crippen molar-refractivity contribution in [1.82, 2.24) is 9.21 Å². The summed E-state index contributed by atoms with van der Waals surface area (Å²) in [6.07, 6.45) is 6.82. The molecule has 0 aromatic carbocycles. The predicted octanol–water partition coefficient (Wildman–Crippen LogP) is 2.48. The molecule has 0 spiro atoms. The van der Waals surface area contributed by atoms with Gasteiger partial charge in [0.15, 0.2) is 0 Å². The summed E-state index contributed by atoms with van der Waals surface area (Å²) in [7, 11) is -3.46. The van der Waals surface area contributed by atoms with E-state index in [4.69, 9.17) is 0 Å². The Labute approximate surface area is 143 Å². The average molecular weight is 405 g/mol. The molecule has 22 heavy (non-hydrogen) atoms. The third-order valence-corrected chi connectivity index (χ3v) is 7.23. The van der Waals surface area contributed by atoms with Crippen molar-refractivity contribution in [3.63, 3.8) is 0 Å². The number of nitrogens with zero attached hydrogens (tertiary/aromatic N) is 2. The van der Waals surface area contributed by atoms with E-state index in [1.165, 1.54) is 21.7 Å². The molecule has 120 valence electrons. The van der Waals surface area contributed by atoms with E-state index in [0.717, 1.165) is 3.79 Å². The van der Waals surface area contributed by atoms with Crippen LogP contribution in [0, 0.1) is 0 Å². The smallest absolute Gasteiger partial charge is 0.252 e. The molecule has 1 aliphatic rings. The van der Waals surface area contributed by atoms with Gasteiger partial charge in [0.05, 0.1) is 3.79 Å². The number of sulfonamides is 1. The quantitative estimate of drug-likeness (QED) is 0.571. The highest BCUT2D eigenvalue weighted by molar-refractivity contribution is 9.11. The molecule has 0 unspecified atom stereocenters. The fourth-order valence-electron chi connectivity index (χ4n) is 2.07. The minimum Gasteiger partial charge on any atom is -0.337 e. The van der Waals surface area contributed by atoms with Crippen LogP contribution >= 0.6 is 27.3 Å². The monoisotopic (exact) mass is 404 g/mol. The van der Waals surface area contributed by atoms with Crippen LogP contribution in [0.15, 0.2) is 44.4 Å². The Bertz CT molecular complexity index is 687. The summed E-state index contributed by atoms with van der Waals surface area (Å²) < 4.78 is 27.5. The van der Waals surface area contributed by atoms with E-state index in [1.54, 1.807) is 29.2 Å². The second kappa shape index (κ2) is 7.54. The number of carbonyl (C=O) groups excluding carboxylic acids is 1. The standard InChI is InChI=1S/C14H17BrN2O3S2/c1-2-3-4-5-13(18)16-8-10-17(11-9-16)22(19,20)14-7-6-12(15)21-14/h2-7H,8-11H2,1H3. The van der Waals surface area contributed by atoms with Gasteiger partial charge in [0.25, 0.3) is 10.0 Å². The summed E-state index contributed by atoms with van der Waals surface area (Å²) in [5, 5.41) is 0. The summed E-state index contributed by atoms with van der Waals surface area (Å²) in [4.78, 5) is 13.6. The zero-order chi connectivity index (χ0) is 16.2. The molecule has 1 aliphatic heterocycles. The molecule has 1 aromatic rings. The largest absolute Gasteiger partial charge is 0.337 e. The van der Waals surface area contributed by atoms with Crippen molar-refractivity contribution in [3.05, 3.63) is 40.2 Å². The van der Waals surface area contributed by atoms with Gasteiger partial charge in [0.2, 0.25) is 5.91 Å². The Hall–Kier alpha value is -0.960. The molecule has 8 heteroatoms. The zero-order valence-corrected chi connectivity index (χ0v) is 15.3. The van der Waals surface area contributed by atoms with Gasteiger partial charge in [0.1, 0.15) is 4.21 Å². The van der Waals surface area contributed by atoms with Crippen molar-refractivity contribution in [3.8, 4) is 0 Å². The molecule has 1 fully saturated rings. The fourth-order valence-corrected chi connectivity index (χ4v) is 5.65. The first-order valence-electron chi connectivity index (χ1n) is 6.79. The Kier molecular flexibility index (Phi) is 5.96. The second-order valence-electron chi connectivity index (χ2n) is 4.67. The molecule has 2 rings (SSSR count). The van der Waals surface area contributed by atoms with E-state index < -0.39 is 10.0 Å². The van der Waals surface area contributed by atoms with Crippen LogP contribution in [0.3, 0.4) is 0 Å². The Balaban J connectivity index is 1.99. The van der Waals surface area contributed by atoms with Crippen molar-refractivity contribution in [2.45, 2.75) is 11.1 Å². The van der Waals surface area contributed by atoms with Crippen LogP contribution in [-0.4, -0.2) is 49.7 Å². The second-order valence-corrected chi connectivity index (χ2v) is 9.30. The topological polar surface area (TPSA) is 57.7 Å². The molecule has 1 saturated heterocycles. The number of amides is 1. The van der Waals surface area contributed by atoms with Gasteiger partial charge in [0, 0.05) is 32.3 Å². The molecule has 0 saturated carbocycles. The highest BCUT2D eigenvalue weighted by atomic mass is 79.9. The maximum atomic E-state index is 12.5. The van der Waals surface area contributed by atoms with Crippen LogP contribution in [0.25, 0.3) is 0 Å². The molecular formula is C14H17BrN2O3S2. The van der Waals surface area contributed by atoms with Crippen LogP contribution < -0.4 is 0 Å². The SMILES string of the molecule is CC=CC=CC(=O)N1CCN(S(=O)(=O)c2ccc(Br)s2)CC1. The van der Waals surface area contributed by atoms with Crippen molar-refractivity contribution < 1.29 is 13.2 Å². The van der Waals surface area contributed by atoms with Gasteiger partial charge in [-0.05, 0) is 35.0 Å². The Morgan fingerprint density at radius 1 is 1.23 bits per heavy atom. The Morgan fingerprint density at radius 2 is 1.91 bits per heavy atom. The average Bonchev–Trinajstić information content (AvgIpc) is 2.95. The lowest BCUT2D eigenvalue weighted by molar-refractivity contribution is -0.127. The molecule has 2 heterocycles. The molecule has 5 nitrogen and oxygen atoms in total. The lowest BCUT2D eigenvalue weighted by Gasteiger charge is -2.33. The number of rotatable bonds is 4. The summed E-state index contributed by atoms with van der Waals surface area (Å²) in [5.41, 5.74) is 0. The first kappa shape index (κ1) is 17.4. The van der Waals surface area contributed by atoms with Gasteiger partial charge in [-0.15, -0.1) is 11.3 Å². The van der Waals surface area contributed by atoms with Crippen LogP contribution in [0.1, 0.15) is 6.92 Å². The lowest BCUT2D eigenvalue weighted by atomic mass is 10.3. The molecule has 0 aliphatic carbocycles. The van der Waals surface area contributed by atoms with E-state index in [-0.39, 0.29) is 5.91 Å². The van der Waals surface area contributed by atoms with E-state index in [0.29, 0.717) is 30.4 Å².